The highest BCUT2D eigenvalue weighted by molar-refractivity contribution is 9.10. The summed E-state index contributed by atoms with van der Waals surface area (Å²) in [6.45, 7) is 0. The Bertz CT molecular complexity index is 599. The number of halogens is 2. The summed E-state index contributed by atoms with van der Waals surface area (Å²) >= 11 is 6.71. The molecule has 0 saturated carbocycles. The van der Waals surface area contributed by atoms with E-state index in [2.05, 4.69) is 31.9 Å². The third kappa shape index (κ3) is 2.91. The van der Waals surface area contributed by atoms with E-state index in [-0.39, 0.29) is 0 Å². The van der Waals surface area contributed by atoms with Crippen molar-refractivity contribution in [2.24, 2.45) is 5.73 Å². The van der Waals surface area contributed by atoms with Crippen molar-refractivity contribution in [2.75, 3.05) is 0 Å². The monoisotopic (exact) mass is 369 g/mol. The van der Waals surface area contributed by atoms with Gasteiger partial charge in [-0.25, -0.2) is 0 Å². The highest BCUT2D eigenvalue weighted by atomic mass is 79.9. The molecule has 2 aromatic rings. The smallest absolute Gasteiger partial charge is 0.252 e. The van der Waals surface area contributed by atoms with Gasteiger partial charge in [-0.1, -0.05) is 28.1 Å². The van der Waals surface area contributed by atoms with Crippen LogP contribution in [0.15, 0.2) is 51.4 Å². The molecule has 0 spiro atoms. The quantitative estimate of drug-likeness (QED) is 0.884. The molecule has 2 rings (SSSR count). The Balaban J connectivity index is 2.42. The van der Waals surface area contributed by atoms with Crippen LogP contribution >= 0.6 is 31.9 Å². The van der Waals surface area contributed by atoms with Crippen molar-refractivity contribution in [3.8, 4) is 11.5 Å². The Morgan fingerprint density at radius 1 is 1.06 bits per heavy atom. The molecule has 1 amide bonds. The maximum Gasteiger partial charge on any atom is 0.252 e. The minimum Gasteiger partial charge on any atom is -0.455 e. The minimum absolute atomic E-state index is 0.342. The Hall–Kier alpha value is -1.33. The molecule has 0 heterocycles. The SMILES string of the molecule is NC(=O)c1ccc(Br)cc1Oc1ccccc1Br. The van der Waals surface area contributed by atoms with Crippen molar-refractivity contribution >= 4 is 37.8 Å². The molecule has 3 nitrogen and oxygen atoms in total. The lowest BCUT2D eigenvalue weighted by molar-refractivity contribution is 0.0998. The first-order valence-corrected chi connectivity index (χ1v) is 6.68. The van der Waals surface area contributed by atoms with Crippen LogP contribution in [0.1, 0.15) is 10.4 Å². The van der Waals surface area contributed by atoms with Crippen LogP contribution in [0, 0.1) is 0 Å². The van der Waals surface area contributed by atoms with E-state index in [1.165, 1.54) is 0 Å². The summed E-state index contributed by atoms with van der Waals surface area (Å²) in [5, 5.41) is 0. The lowest BCUT2D eigenvalue weighted by atomic mass is 10.2. The summed E-state index contributed by atoms with van der Waals surface area (Å²) in [7, 11) is 0. The Morgan fingerprint density at radius 3 is 2.44 bits per heavy atom. The molecule has 0 unspecified atom stereocenters. The third-order valence-corrected chi connectivity index (χ3v) is 3.41. The molecular weight excluding hydrogens is 362 g/mol. The van der Waals surface area contributed by atoms with Crippen LogP contribution in [-0.4, -0.2) is 5.91 Å². The fourth-order valence-electron chi connectivity index (χ4n) is 1.43. The van der Waals surface area contributed by atoms with E-state index in [1.807, 2.05) is 18.2 Å². The largest absolute Gasteiger partial charge is 0.455 e. The molecule has 0 fully saturated rings. The molecule has 92 valence electrons. The van der Waals surface area contributed by atoms with E-state index in [1.54, 1.807) is 24.3 Å². The van der Waals surface area contributed by atoms with Crippen LogP contribution in [0.25, 0.3) is 0 Å². The number of ether oxygens (including phenoxy) is 1. The number of carbonyl (C=O) groups is 1. The first-order chi connectivity index (χ1) is 8.58. The Labute approximate surface area is 121 Å². The highest BCUT2D eigenvalue weighted by Gasteiger charge is 2.11. The van der Waals surface area contributed by atoms with Gasteiger partial charge in [-0.15, -0.1) is 0 Å². The average Bonchev–Trinajstić information content (AvgIpc) is 2.32. The molecule has 2 N–H and O–H groups in total. The lowest BCUT2D eigenvalue weighted by Gasteiger charge is -2.10. The molecule has 0 radical (unpaired) electrons. The fourth-order valence-corrected chi connectivity index (χ4v) is 2.14. The number of amides is 1. The number of para-hydroxylation sites is 1. The second-order valence-electron chi connectivity index (χ2n) is 3.54. The van der Waals surface area contributed by atoms with Crippen LogP contribution in [-0.2, 0) is 0 Å². The summed E-state index contributed by atoms with van der Waals surface area (Å²) in [6, 6.07) is 12.5. The maximum atomic E-state index is 11.3. The second kappa shape index (κ2) is 5.54. The summed E-state index contributed by atoms with van der Waals surface area (Å²) in [4.78, 5) is 11.3. The van der Waals surface area contributed by atoms with Crippen LogP contribution < -0.4 is 10.5 Å². The topological polar surface area (TPSA) is 52.3 Å². The number of hydrogen-bond donors (Lipinski definition) is 1. The molecule has 0 bridgehead atoms. The molecule has 0 aliphatic heterocycles. The highest BCUT2D eigenvalue weighted by Crippen LogP contribution is 2.32. The normalized spacial score (nSPS) is 10.1. The number of primary amides is 1. The zero-order chi connectivity index (χ0) is 13.1. The van der Waals surface area contributed by atoms with Gasteiger partial charge in [0.25, 0.3) is 5.91 Å². The maximum absolute atomic E-state index is 11.3. The van der Waals surface area contributed by atoms with Gasteiger partial charge in [0.1, 0.15) is 11.5 Å². The van der Waals surface area contributed by atoms with Gasteiger partial charge < -0.3 is 10.5 Å². The predicted octanol–water partition coefficient (Wildman–Crippen LogP) is 4.10. The summed E-state index contributed by atoms with van der Waals surface area (Å²) in [6.07, 6.45) is 0. The van der Waals surface area contributed by atoms with Gasteiger partial charge in [-0.05, 0) is 46.3 Å². The van der Waals surface area contributed by atoms with E-state index in [9.17, 15) is 4.79 Å². The van der Waals surface area contributed by atoms with Crippen LogP contribution in [0.2, 0.25) is 0 Å². The number of nitrogens with two attached hydrogens (primary N) is 1. The van der Waals surface area contributed by atoms with Gasteiger partial charge in [0.2, 0.25) is 0 Å². The average molecular weight is 371 g/mol. The van der Waals surface area contributed by atoms with Crippen molar-refractivity contribution in [3.63, 3.8) is 0 Å². The zero-order valence-corrected chi connectivity index (χ0v) is 12.4. The van der Waals surface area contributed by atoms with Crippen molar-refractivity contribution in [1.82, 2.24) is 0 Å². The molecule has 0 saturated heterocycles. The molecular formula is C13H9Br2NO2. The summed E-state index contributed by atoms with van der Waals surface area (Å²) in [5.74, 6) is 0.520. The van der Waals surface area contributed by atoms with Crippen molar-refractivity contribution in [1.29, 1.82) is 0 Å². The van der Waals surface area contributed by atoms with E-state index >= 15 is 0 Å². The molecule has 0 atom stereocenters. The summed E-state index contributed by atoms with van der Waals surface area (Å²) < 4.78 is 7.33. The molecule has 18 heavy (non-hydrogen) atoms. The molecule has 2 aromatic carbocycles. The molecule has 0 aromatic heterocycles. The van der Waals surface area contributed by atoms with Gasteiger partial charge in [0.15, 0.2) is 0 Å². The van der Waals surface area contributed by atoms with Crippen molar-refractivity contribution in [3.05, 3.63) is 57.0 Å². The van der Waals surface area contributed by atoms with E-state index in [0.29, 0.717) is 17.1 Å². The molecule has 0 aliphatic rings. The minimum atomic E-state index is -0.524. The number of rotatable bonds is 3. The molecule has 0 aliphatic carbocycles. The van der Waals surface area contributed by atoms with E-state index < -0.39 is 5.91 Å². The second-order valence-corrected chi connectivity index (χ2v) is 5.31. The first kappa shape index (κ1) is 13.1. The Kier molecular flexibility index (Phi) is 4.04. The number of carbonyl (C=O) groups excluding carboxylic acids is 1. The number of hydrogen-bond acceptors (Lipinski definition) is 2. The van der Waals surface area contributed by atoms with Gasteiger partial charge in [0.05, 0.1) is 10.0 Å². The van der Waals surface area contributed by atoms with Gasteiger partial charge in [0, 0.05) is 4.47 Å². The zero-order valence-electron chi connectivity index (χ0n) is 9.19. The number of benzene rings is 2. The standard InChI is InChI=1S/C13H9Br2NO2/c14-8-5-6-9(13(16)17)12(7-8)18-11-4-2-1-3-10(11)15/h1-7H,(H2,16,17). The molecule has 5 heteroatoms. The van der Waals surface area contributed by atoms with Gasteiger partial charge in [-0.2, -0.15) is 0 Å². The van der Waals surface area contributed by atoms with Crippen molar-refractivity contribution < 1.29 is 9.53 Å². The van der Waals surface area contributed by atoms with E-state index in [0.717, 1.165) is 8.95 Å². The Morgan fingerprint density at radius 2 is 1.78 bits per heavy atom. The van der Waals surface area contributed by atoms with Crippen molar-refractivity contribution in [2.45, 2.75) is 0 Å². The summed E-state index contributed by atoms with van der Waals surface area (Å²) in [5.41, 5.74) is 5.65. The van der Waals surface area contributed by atoms with Crippen LogP contribution in [0.4, 0.5) is 0 Å². The van der Waals surface area contributed by atoms with Crippen LogP contribution in [0.5, 0.6) is 11.5 Å². The van der Waals surface area contributed by atoms with Gasteiger partial charge in [-0.3, -0.25) is 4.79 Å². The lowest BCUT2D eigenvalue weighted by Crippen LogP contribution is -2.12. The third-order valence-electron chi connectivity index (χ3n) is 2.27. The van der Waals surface area contributed by atoms with E-state index in [4.69, 9.17) is 10.5 Å². The predicted molar refractivity (Wildman–Crippen MR) is 76.9 cm³/mol. The fraction of sp³-hybridized carbons (Fsp3) is 0. The first-order valence-electron chi connectivity index (χ1n) is 5.09. The van der Waals surface area contributed by atoms with Crippen LogP contribution in [0.3, 0.4) is 0 Å². The van der Waals surface area contributed by atoms with Gasteiger partial charge >= 0.3 is 0 Å².